The Morgan fingerprint density at radius 2 is 1.89 bits per heavy atom. The number of fused-ring (bicyclic) bond motifs is 1. The largest absolute Gasteiger partial charge is 0.479 e. The molecule has 1 aromatic carbocycles. The number of aliphatic carboxylic acids is 1. The van der Waals surface area contributed by atoms with Gasteiger partial charge in [0, 0.05) is 28.2 Å². The first kappa shape index (κ1) is 13.6. The number of carboxylic acids is 1. The highest BCUT2D eigenvalue weighted by Crippen LogP contribution is 2.35. The lowest BCUT2D eigenvalue weighted by Gasteiger charge is -2.13. The van der Waals surface area contributed by atoms with Crippen molar-refractivity contribution in [1.29, 1.82) is 0 Å². The molecule has 19 heavy (non-hydrogen) atoms. The summed E-state index contributed by atoms with van der Waals surface area (Å²) in [6.07, 6.45) is -1.48. The number of rotatable bonds is 3. The SMILES string of the molecule is Cc1cccc2c1c(C(O)C(=O)O)c(C)n2C(C)C. The van der Waals surface area contributed by atoms with Gasteiger partial charge in [0.05, 0.1) is 0 Å². The first-order chi connectivity index (χ1) is 8.86. The van der Waals surface area contributed by atoms with E-state index in [0.29, 0.717) is 5.56 Å². The Morgan fingerprint density at radius 3 is 2.42 bits per heavy atom. The van der Waals surface area contributed by atoms with Crippen molar-refractivity contribution in [2.45, 2.75) is 39.8 Å². The van der Waals surface area contributed by atoms with Crippen LogP contribution in [0.2, 0.25) is 0 Å². The van der Waals surface area contributed by atoms with Gasteiger partial charge in [0.15, 0.2) is 6.10 Å². The molecule has 0 aliphatic rings. The van der Waals surface area contributed by atoms with Crippen LogP contribution in [-0.2, 0) is 4.79 Å². The number of hydrogen-bond acceptors (Lipinski definition) is 2. The Morgan fingerprint density at radius 1 is 1.26 bits per heavy atom. The van der Waals surface area contributed by atoms with Gasteiger partial charge in [-0.05, 0) is 39.3 Å². The topological polar surface area (TPSA) is 62.5 Å². The van der Waals surface area contributed by atoms with Crippen LogP contribution in [0.3, 0.4) is 0 Å². The lowest BCUT2D eigenvalue weighted by Crippen LogP contribution is -2.12. The van der Waals surface area contributed by atoms with Gasteiger partial charge in [0.1, 0.15) is 0 Å². The number of aromatic nitrogens is 1. The number of carboxylic acid groups (broad SMARTS) is 1. The smallest absolute Gasteiger partial charge is 0.337 e. The number of hydrogen-bond donors (Lipinski definition) is 2. The van der Waals surface area contributed by atoms with Crippen LogP contribution >= 0.6 is 0 Å². The Bertz CT molecular complexity index is 640. The molecule has 4 nitrogen and oxygen atoms in total. The fraction of sp³-hybridized carbons (Fsp3) is 0.400. The third-order valence-electron chi connectivity index (χ3n) is 3.55. The number of nitrogens with zero attached hydrogens (tertiary/aromatic N) is 1. The van der Waals surface area contributed by atoms with Gasteiger partial charge < -0.3 is 14.8 Å². The minimum absolute atomic E-state index is 0.207. The standard InChI is InChI=1S/C15H19NO3/c1-8(2)16-10(4)13(14(17)15(18)19)12-9(3)6-5-7-11(12)16/h5-8,14,17H,1-4H3,(H,18,19). The van der Waals surface area contributed by atoms with E-state index in [4.69, 9.17) is 5.11 Å². The van der Waals surface area contributed by atoms with E-state index in [1.807, 2.05) is 45.9 Å². The molecule has 2 N–H and O–H groups in total. The van der Waals surface area contributed by atoms with Crippen molar-refractivity contribution in [2.75, 3.05) is 0 Å². The molecular formula is C15H19NO3. The third-order valence-corrected chi connectivity index (χ3v) is 3.55. The van der Waals surface area contributed by atoms with Crippen LogP contribution in [0.15, 0.2) is 18.2 Å². The molecule has 0 aliphatic carbocycles. The van der Waals surface area contributed by atoms with Gasteiger partial charge in [0.2, 0.25) is 0 Å². The summed E-state index contributed by atoms with van der Waals surface area (Å²) in [4.78, 5) is 11.1. The van der Waals surface area contributed by atoms with E-state index in [2.05, 4.69) is 4.57 Å². The highest BCUT2D eigenvalue weighted by Gasteiger charge is 2.26. The van der Waals surface area contributed by atoms with Crippen molar-refractivity contribution in [1.82, 2.24) is 4.57 Å². The molecule has 0 spiro atoms. The quantitative estimate of drug-likeness (QED) is 0.893. The first-order valence-electron chi connectivity index (χ1n) is 6.37. The van der Waals surface area contributed by atoms with E-state index in [9.17, 15) is 9.90 Å². The van der Waals surface area contributed by atoms with Gasteiger partial charge >= 0.3 is 5.97 Å². The molecule has 1 aromatic heterocycles. The second kappa shape index (κ2) is 4.70. The number of aliphatic hydroxyl groups excluding tert-OH is 1. The van der Waals surface area contributed by atoms with Crippen LogP contribution in [0.25, 0.3) is 10.9 Å². The van der Waals surface area contributed by atoms with Crippen molar-refractivity contribution in [3.05, 3.63) is 35.0 Å². The lowest BCUT2D eigenvalue weighted by atomic mass is 10.0. The van der Waals surface area contributed by atoms with Gasteiger partial charge in [-0.15, -0.1) is 0 Å². The summed E-state index contributed by atoms with van der Waals surface area (Å²) in [7, 11) is 0. The monoisotopic (exact) mass is 261 g/mol. The molecule has 102 valence electrons. The molecule has 2 aromatic rings. The summed E-state index contributed by atoms with van der Waals surface area (Å²) >= 11 is 0. The molecule has 0 amide bonds. The minimum Gasteiger partial charge on any atom is -0.479 e. The zero-order valence-corrected chi connectivity index (χ0v) is 11.6. The molecule has 1 atom stereocenters. The van der Waals surface area contributed by atoms with E-state index in [0.717, 1.165) is 22.2 Å². The highest BCUT2D eigenvalue weighted by molar-refractivity contribution is 5.92. The van der Waals surface area contributed by atoms with Crippen LogP contribution in [0, 0.1) is 13.8 Å². The van der Waals surface area contributed by atoms with Gasteiger partial charge in [-0.1, -0.05) is 12.1 Å². The van der Waals surface area contributed by atoms with E-state index >= 15 is 0 Å². The van der Waals surface area contributed by atoms with Gasteiger partial charge in [0.25, 0.3) is 0 Å². The van der Waals surface area contributed by atoms with E-state index in [-0.39, 0.29) is 6.04 Å². The maximum Gasteiger partial charge on any atom is 0.337 e. The van der Waals surface area contributed by atoms with Crippen LogP contribution in [0.1, 0.15) is 42.8 Å². The second-order valence-electron chi connectivity index (χ2n) is 5.17. The van der Waals surface area contributed by atoms with Gasteiger partial charge in [-0.3, -0.25) is 0 Å². The maximum absolute atomic E-state index is 11.1. The van der Waals surface area contributed by atoms with Crippen LogP contribution in [0.4, 0.5) is 0 Å². The lowest BCUT2D eigenvalue weighted by molar-refractivity contribution is -0.146. The molecular weight excluding hydrogens is 242 g/mol. The Kier molecular flexibility index (Phi) is 3.37. The molecule has 0 radical (unpaired) electrons. The molecule has 4 heteroatoms. The molecule has 2 rings (SSSR count). The predicted octanol–water partition coefficient (Wildman–Crippen LogP) is 2.96. The molecule has 0 saturated carbocycles. The van der Waals surface area contributed by atoms with Crippen LogP contribution in [-0.4, -0.2) is 20.7 Å². The van der Waals surface area contributed by atoms with Crippen molar-refractivity contribution in [3.8, 4) is 0 Å². The third kappa shape index (κ3) is 2.02. The first-order valence-corrected chi connectivity index (χ1v) is 6.37. The molecule has 0 bridgehead atoms. The summed E-state index contributed by atoms with van der Waals surface area (Å²) in [6.45, 7) is 7.89. The highest BCUT2D eigenvalue weighted by atomic mass is 16.4. The fourth-order valence-electron chi connectivity index (χ4n) is 2.82. The predicted molar refractivity (Wildman–Crippen MR) is 74.4 cm³/mol. The van der Waals surface area contributed by atoms with Gasteiger partial charge in [-0.2, -0.15) is 0 Å². The average Bonchev–Trinajstić information content (AvgIpc) is 2.61. The Balaban J connectivity index is 2.90. The van der Waals surface area contributed by atoms with Crippen LogP contribution in [0.5, 0.6) is 0 Å². The Labute approximate surface area is 112 Å². The number of benzene rings is 1. The van der Waals surface area contributed by atoms with Gasteiger partial charge in [-0.25, -0.2) is 4.79 Å². The van der Waals surface area contributed by atoms with Crippen molar-refractivity contribution >= 4 is 16.9 Å². The molecule has 0 aliphatic heterocycles. The molecule has 1 heterocycles. The molecule has 0 fully saturated rings. The molecule has 1 unspecified atom stereocenters. The molecule has 0 saturated heterocycles. The maximum atomic E-state index is 11.1. The number of aryl methyl sites for hydroxylation is 1. The summed E-state index contributed by atoms with van der Waals surface area (Å²) in [5.74, 6) is -1.21. The van der Waals surface area contributed by atoms with E-state index in [1.54, 1.807) is 0 Å². The van der Waals surface area contributed by atoms with Crippen LogP contribution < -0.4 is 0 Å². The summed E-state index contributed by atoms with van der Waals surface area (Å²) in [6, 6.07) is 6.06. The Hall–Kier alpha value is -1.81. The van der Waals surface area contributed by atoms with Crippen molar-refractivity contribution in [3.63, 3.8) is 0 Å². The number of carbonyl (C=O) groups is 1. The normalized spacial score (nSPS) is 13.2. The minimum atomic E-state index is -1.48. The van der Waals surface area contributed by atoms with Crippen molar-refractivity contribution in [2.24, 2.45) is 0 Å². The van der Waals surface area contributed by atoms with E-state index < -0.39 is 12.1 Å². The summed E-state index contributed by atoms with van der Waals surface area (Å²) in [5, 5.41) is 19.9. The zero-order valence-electron chi connectivity index (χ0n) is 11.6. The van der Waals surface area contributed by atoms with Crippen molar-refractivity contribution < 1.29 is 15.0 Å². The van der Waals surface area contributed by atoms with E-state index in [1.165, 1.54) is 0 Å². The second-order valence-corrected chi connectivity index (χ2v) is 5.17. The fourth-order valence-corrected chi connectivity index (χ4v) is 2.82. The summed E-state index contributed by atoms with van der Waals surface area (Å²) < 4.78 is 2.07. The summed E-state index contributed by atoms with van der Waals surface area (Å²) in [5.41, 5.74) is 3.28. The average molecular weight is 261 g/mol. The zero-order chi connectivity index (χ0) is 14.3. The number of aliphatic hydroxyl groups is 1.